The van der Waals surface area contributed by atoms with Gasteiger partial charge in [-0.1, -0.05) is 58.0 Å². The Kier molecular flexibility index (Phi) is 4.57. The SMILES string of the molecule is CC(=CC(=O)O)c1ccc(C2=CCC3(c4ccc5c(c4)C(C)(C)CCC5(C)C)CC23)nc1. The lowest BCUT2D eigenvalue weighted by atomic mass is 9.62. The monoisotopic (exact) mass is 427 g/mol. The number of hydrogen-bond acceptors (Lipinski definition) is 2. The average Bonchev–Trinajstić information content (AvgIpc) is 3.36. The highest BCUT2D eigenvalue weighted by atomic mass is 16.4. The molecule has 3 nitrogen and oxygen atoms in total. The molecule has 0 radical (unpaired) electrons. The molecule has 3 aliphatic rings. The van der Waals surface area contributed by atoms with Crippen LogP contribution in [0.25, 0.3) is 11.1 Å². The molecule has 1 saturated carbocycles. The van der Waals surface area contributed by atoms with Crippen LogP contribution in [0.1, 0.15) is 88.2 Å². The van der Waals surface area contributed by atoms with E-state index in [-0.39, 0.29) is 16.2 Å². The molecule has 32 heavy (non-hydrogen) atoms. The summed E-state index contributed by atoms with van der Waals surface area (Å²) in [5.74, 6) is -0.390. The number of carboxylic acids is 1. The Hall–Kier alpha value is -2.68. The van der Waals surface area contributed by atoms with E-state index in [0.717, 1.165) is 23.3 Å². The van der Waals surface area contributed by atoms with Gasteiger partial charge in [0, 0.05) is 17.7 Å². The van der Waals surface area contributed by atoms with Gasteiger partial charge in [-0.25, -0.2) is 4.79 Å². The van der Waals surface area contributed by atoms with Crippen LogP contribution in [-0.2, 0) is 21.0 Å². The number of aliphatic carboxylic acids is 1. The van der Waals surface area contributed by atoms with E-state index >= 15 is 0 Å². The molecular formula is C29H33NO2. The van der Waals surface area contributed by atoms with Crippen LogP contribution >= 0.6 is 0 Å². The van der Waals surface area contributed by atoms with Crippen molar-refractivity contribution in [2.24, 2.45) is 5.92 Å². The Labute approximate surface area is 191 Å². The van der Waals surface area contributed by atoms with E-state index in [9.17, 15) is 4.79 Å². The van der Waals surface area contributed by atoms with Crippen LogP contribution in [0.4, 0.5) is 0 Å². The van der Waals surface area contributed by atoms with E-state index in [1.165, 1.54) is 42.0 Å². The summed E-state index contributed by atoms with van der Waals surface area (Å²) in [5, 5.41) is 8.98. The van der Waals surface area contributed by atoms with Crippen molar-refractivity contribution in [3.8, 4) is 0 Å². The first kappa shape index (κ1) is 21.2. The molecule has 3 aliphatic carbocycles. The maximum absolute atomic E-state index is 10.9. The third kappa shape index (κ3) is 3.25. The number of benzene rings is 1. The van der Waals surface area contributed by atoms with Crippen molar-refractivity contribution >= 4 is 17.1 Å². The van der Waals surface area contributed by atoms with Gasteiger partial charge in [-0.05, 0) is 88.8 Å². The Balaban J connectivity index is 1.42. The predicted octanol–water partition coefficient (Wildman–Crippen LogP) is 6.66. The molecule has 2 atom stereocenters. The van der Waals surface area contributed by atoms with Crippen molar-refractivity contribution in [1.82, 2.24) is 4.98 Å². The molecule has 1 fully saturated rings. The maximum Gasteiger partial charge on any atom is 0.328 e. The Morgan fingerprint density at radius 2 is 1.78 bits per heavy atom. The Morgan fingerprint density at radius 1 is 1.06 bits per heavy atom. The summed E-state index contributed by atoms with van der Waals surface area (Å²) in [4.78, 5) is 15.6. The van der Waals surface area contributed by atoms with Crippen LogP contribution in [0.15, 0.2) is 48.7 Å². The molecule has 1 aromatic carbocycles. The molecule has 0 bridgehead atoms. The molecule has 0 aliphatic heterocycles. The van der Waals surface area contributed by atoms with Crippen molar-refractivity contribution in [3.63, 3.8) is 0 Å². The van der Waals surface area contributed by atoms with Gasteiger partial charge in [0.15, 0.2) is 0 Å². The summed E-state index contributed by atoms with van der Waals surface area (Å²) in [5.41, 5.74) is 9.25. The third-order valence-electron chi connectivity index (χ3n) is 8.42. The van der Waals surface area contributed by atoms with E-state index in [4.69, 9.17) is 10.1 Å². The van der Waals surface area contributed by atoms with Gasteiger partial charge in [0.05, 0.1) is 5.69 Å². The second kappa shape index (κ2) is 6.91. The summed E-state index contributed by atoms with van der Waals surface area (Å²) in [6.07, 6.45) is 10.2. The van der Waals surface area contributed by atoms with Crippen molar-refractivity contribution in [2.75, 3.05) is 0 Å². The predicted molar refractivity (Wildman–Crippen MR) is 130 cm³/mol. The fourth-order valence-corrected chi connectivity index (χ4v) is 6.06. The van der Waals surface area contributed by atoms with Crippen LogP contribution in [0.5, 0.6) is 0 Å². The molecule has 1 aromatic heterocycles. The molecule has 0 spiro atoms. The van der Waals surface area contributed by atoms with E-state index in [1.54, 1.807) is 11.8 Å². The van der Waals surface area contributed by atoms with Crippen molar-refractivity contribution in [1.29, 1.82) is 0 Å². The van der Waals surface area contributed by atoms with E-state index in [1.807, 2.05) is 19.1 Å². The number of fused-ring (bicyclic) bond motifs is 2. The molecule has 0 saturated heterocycles. The van der Waals surface area contributed by atoms with E-state index in [2.05, 4.69) is 52.0 Å². The minimum absolute atomic E-state index is 0.232. The van der Waals surface area contributed by atoms with Crippen LogP contribution in [0.2, 0.25) is 0 Å². The lowest BCUT2D eigenvalue weighted by molar-refractivity contribution is -0.131. The van der Waals surface area contributed by atoms with Crippen molar-refractivity contribution < 1.29 is 9.90 Å². The number of aromatic nitrogens is 1. The minimum atomic E-state index is -0.926. The van der Waals surface area contributed by atoms with Gasteiger partial charge in [0.2, 0.25) is 0 Å². The van der Waals surface area contributed by atoms with Crippen LogP contribution in [-0.4, -0.2) is 16.1 Å². The first-order chi connectivity index (χ1) is 15.0. The molecule has 2 aromatic rings. The van der Waals surface area contributed by atoms with Gasteiger partial charge in [-0.3, -0.25) is 4.98 Å². The molecule has 166 valence electrons. The number of carbonyl (C=O) groups is 1. The number of hydrogen-bond donors (Lipinski definition) is 1. The molecule has 5 rings (SSSR count). The summed E-state index contributed by atoms with van der Waals surface area (Å²) in [6.45, 7) is 11.4. The summed E-state index contributed by atoms with van der Waals surface area (Å²) < 4.78 is 0. The van der Waals surface area contributed by atoms with Gasteiger partial charge in [-0.15, -0.1) is 0 Å². The number of nitrogens with zero attached hydrogens (tertiary/aromatic N) is 1. The van der Waals surface area contributed by atoms with Crippen LogP contribution in [0.3, 0.4) is 0 Å². The number of rotatable bonds is 4. The first-order valence-corrected chi connectivity index (χ1v) is 11.8. The standard InChI is InChI=1S/C29H33NO2/c1-18(14-26(31)32)19-6-9-25(30-17-19)21-10-11-29(16-24(21)29)20-7-8-22-23(15-20)28(4,5)13-12-27(22,2)3/h6-10,14-15,17,24H,11-13,16H2,1-5H3,(H,31,32). The smallest absolute Gasteiger partial charge is 0.328 e. The molecule has 2 unspecified atom stereocenters. The lowest BCUT2D eigenvalue weighted by Gasteiger charge is -2.42. The molecule has 3 heteroatoms. The summed E-state index contributed by atoms with van der Waals surface area (Å²) in [6, 6.07) is 11.4. The lowest BCUT2D eigenvalue weighted by Crippen LogP contribution is -2.34. The van der Waals surface area contributed by atoms with E-state index < -0.39 is 5.97 Å². The summed E-state index contributed by atoms with van der Waals surface area (Å²) >= 11 is 0. The highest BCUT2D eigenvalue weighted by Crippen LogP contribution is 2.67. The fourth-order valence-electron chi connectivity index (χ4n) is 6.06. The van der Waals surface area contributed by atoms with Gasteiger partial charge in [-0.2, -0.15) is 0 Å². The van der Waals surface area contributed by atoms with Crippen LogP contribution in [0, 0.1) is 5.92 Å². The average molecular weight is 428 g/mol. The number of allylic oxidation sites excluding steroid dienone is 3. The van der Waals surface area contributed by atoms with Gasteiger partial charge in [0.1, 0.15) is 0 Å². The van der Waals surface area contributed by atoms with Gasteiger partial charge in [0.25, 0.3) is 0 Å². The molecular weight excluding hydrogens is 394 g/mol. The zero-order chi connectivity index (χ0) is 22.9. The molecule has 0 amide bonds. The maximum atomic E-state index is 10.9. The number of pyridine rings is 1. The highest BCUT2D eigenvalue weighted by molar-refractivity contribution is 5.89. The number of carboxylic acid groups (broad SMARTS) is 1. The zero-order valence-corrected chi connectivity index (χ0v) is 19.8. The normalized spacial score (nSPS) is 27.3. The van der Waals surface area contributed by atoms with Crippen molar-refractivity contribution in [3.05, 3.63) is 76.6 Å². The zero-order valence-electron chi connectivity index (χ0n) is 19.8. The highest BCUT2D eigenvalue weighted by Gasteiger charge is 2.59. The van der Waals surface area contributed by atoms with E-state index in [0.29, 0.717) is 5.92 Å². The van der Waals surface area contributed by atoms with Gasteiger partial charge < -0.3 is 5.11 Å². The topological polar surface area (TPSA) is 50.2 Å². The minimum Gasteiger partial charge on any atom is -0.478 e. The fraction of sp³-hybridized carbons (Fsp3) is 0.448. The van der Waals surface area contributed by atoms with Gasteiger partial charge >= 0.3 is 5.97 Å². The molecule has 1 heterocycles. The summed E-state index contributed by atoms with van der Waals surface area (Å²) in [7, 11) is 0. The third-order valence-corrected chi connectivity index (χ3v) is 8.42. The Bertz CT molecular complexity index is 1170. The second-order valence-corrected chi connectivity index (χ2v) is 11.4. The van der Waals surface area contributed by atoms with Crippen molar-refractivity contribution in [2.45, 2.75) is 76.5 Å². The molecule has 1 N–H and O–H groups in total. The Morgan fingerprint density at radius 3 is 2.41 bits per heavy atom. The first-order valence-electron chi connectivity index (χ1n) is 11.8. The second-order valence-electron chi connectivity index (χ2n) is 11.4. The quantitative estimate of drug-likeness (QED) is 0.555. The largest absolute Gasteiger partial charge is 0.478 e. The van der Waals surface area contributed by atoms with Crippen LogP contribution < -0.4 is 0 Å².